The van der Waals surface area contributed by atoms with Crippen molar-refractivity contribution in [2.75, 3.05) is 6.54 Å². The van der Waals surface area contributed by atoms with Gasteiger partial charge in [-0.15, -0.1) is 0 Å². The highest BCUT2D eigenvalue weighted by Gasteiger charge is 2.15. The summed E-state index contributed by atoms with van der Waals surface area (Å²) in [4.78, 5) is 0. The average Bonchev–Trinajstić information content (AvgIpc) is 2.58. The third-order valence-corrected chi connectivity index (χ3v) is 2.07. The van der Waals surface area contributed by atoms with Crippen LogP contribution in [0.1, 0.15) is 24.4 Å². The summed E-state index contributed by atoms with van der Waals surface area (Å²) in [6, 6.07) is 2.54. The molecule has 1 saturated heterocycles. The van der Waals surface area contributed by atoms with Gasteiger partial charge in [-0.1, -0.05) is 0 Å². The Morgan fingerprint density at radius 1 is 1.45 bits per heavy atom. The lowest BCUT2D eigenvalue weighted by atomic mass is 10.1. The monoisotopic (exact) mass is 149 g/mol. The van der Waals surface area contributed by atoms with E-state index in [0.717, 1.165) is 6.54 Å². The molecule has 0 amide bonds. The van der Waals surface area contributed by atoms with Crippen molar-refractivity contribution >= 4 is 0 Å². The molecular formula is C8H11N3. The highest BCUT2D eigenvalue weighted by molar-refractivity contribution is 5.12. The van der Waals surface area contributed by atoms with Crippen LogP contribution in [-0.4, -0.2) is 16.7 Å². The Bertz CT molecular complexity index is 216. The molecule has 0 aromatic carbocycles. The molecule has 58 valence electrons. The Labute approximate surface area is 65.8 Å². The highest BCUT2D eigenvalue weighted by atomic mass is 15.1. The first-order valence-corrected chi connectivity index (χ1v) is 3.97. The summed E-state index contributed by atoms with van der Waals surface area (Å²) in [6.07, 6.45) is 6.08. The second kappa shape index (κ2) is 2.96. The zero-order chi connectivity index (χ0) is 7.52. The number of nitrogens with zero attached hydrogens (tertiary/aromatic N) is 2. The minimum atomic E-state index is 0.519. The molecule has 0 radical (unpaired) electrons. The maximum Gasteiger partial charge on any atom is 0.0544 e. The minimum absolute atomic E-state index is 0.519. The summed E-state index contributed by atoms with van der Waals surface area (Å²) in [7, 11) is 0. The van der Waals surface area contributed by atoms with Gasteiger partial charge in [-0.2, -0.15) is 10.2 Å². The Morgan fingerprint density at radius 2 is 2.45 bits per heavy atom. The Morgan fingerprint density at radius 3 is 3.09 bits per heavy atom. The topological polar surface area (TPSA) is 37.8 Å². The van der Waals surface area contributed by atoms with Crippen LogP contribution in [0.15, 0.2) is 18.5 Å². The fraction of sp³-hybridized carbons (Fsp3) is 0.500. The van der Waals surface area contributed by atoms with Crippen LogP contribution < -0.4 is 5.32 Å². The highest BCUT2D eigenvalue weighted by Crippen LogP contribution is 2.20. The van der Waals surface area contributed by atoms with E-state index in [-0.39, 0.29) is 0 Å². The van der Waals surface area contributed by atoms with Crippen LogP contribution in [0, 0.1) is 0 Å². The van der Waals surface area contributed by atoms with Crippen molar-refractivity contribution in [2.45, 2.75) is 18.9 Å². The van der Waals surface area contributed by atoms with Gasteiger partial charge in [-0.3, -0.25) is 0 Å². The summed E-state index contributed by atoms with van der Waals surface area (Å²) in [5.74, 6) is 0. The molecule has 1 aliphatic heterocycles. The molecule has 1 atom stereocenters. The molecule has 1 aromatic heterocycles. The standard InChI is InChI=1S/C8H11N3/c1-2-8(9-4-1)7-3-5-10-11-6-7/h3,5-6,8-9H,1-2,4H2. The lowest BCUT2D eigenvalue weighted by Crippen LogP contribution is -2.12. The van der Waals surface area contributed by atoms with Gasteiger partial charge in [-0.05, 0) is 31.0 Å². The molecule has 3 heteroatoms. The van der Waals surface area contributed by atoms with Crippen LogP contribution in [0.2, 0.25) is 0 Å². The van der Waals surface area contributed by atoms with Crippen molar-refractivity contribution < 1.29 is 0 Å². The number of hydrogen-bond acceptors (Lipinski definition) is 3. The summed E-state index contributed by atoms with van der Waals surface area (Å²) < 4.78 is 0. The van der Waals surface area contributed by atoms with E-state index in [9.17, 15) is 0 Å². The van der Waals surface area contributed by atoms with Gasteiger partial charge < -0.3 is 5.32 Å². The van der Waals surface area contributed by atoms with Gasteiger partial charge in [0.15, 0.2) is 0 Å². The van der Waals surface area contributed by atoms with Crippen LogP contribution in [0.3, 0.4) is 0 Å². The van der Waals surface area contributed by atoms with E-state index < -0.39 is 0 Å². The third kappa shape index (κ3) is 1.38. The minimum Gasteiger partial charge on any atom is -0.310 e. The molecular weight excluding hydrogens is 138 g/mol. The van der Waals surface area contributed by atoms with Gasteiger partial charge in [0.2, 0.25) is 0 Å². The van der Waals surface area contributed by atoms with Crippen molar-refractivity contribution in [2.24, 2.45) is 0 Å². The van der Waals surface area contributed by atoms with E-state index in [4.69, 9.17) is 0 Å². The number of rotatable bonds is 1. The smallest absolute Gasteiger partial charge is 0.0544 e. The van der Waals surface area contributed by atoms with Crippen molar-refractivity contribution in [3.8, 4) is 0 Å². The zero-order valence-electron chi connectivity index (χ0n) is 6.33. The van der Waals surface area contributed by atoms with E-state index >= 15 is 0 Å². The summed E-state index contributed by atoms with van der Waals surface area (Å²) in [6.45, 7) is 1.13. The van der Waals surface area contributed by atoms with Crippen molar-refractivity contribution in [3.05, 3.63) is 24.0 Å². The van der Waals surface area contributed by atoms with E-state index in [1.54, 1.807) is 6.20 Å². The fourth-order valence-corrected chi connectivity index (χ4v) is 1.48. The molecule has 2 rings (SSSR count). The van der Waals surface area contributed by atoms with Crippen LogP contribution in [0.25, 0.3) is 0 Å². The van der Waals surface area contributed by atoms with Crippen LogP contribution >= 0.6 is 0 Å². The Kier molecular flexibility index (Phi) is 1.81. The molecule has 1 unspecified atom stereocenters. The maximum absolute atomic E-state index is 3.84. The molecule has 1 fully saturated rings. The average molecular weight is 149 g/mol. The van der Waals surface area contributed by atoms with Crippen molar-refractivity contribution in [1.82, 2.24) is 15.5 Å². The quantitative estimate of drug-likeness (QED) is 0.644. The van der Waals surface area contributed by atoms with E-state index in [2.05, 4.69) is 15.5 Å². The van der Waals surface area contributed by atoms with Gasteiger partial charge in [0, 0.05) is 12.2 Å². The summed E-state index contributed by atoms with van der Waals surface area (Å²) in [5, 5.41) is 11.0. The Hall–Kier alpha value is -0.960. The van der Waals surface area contributed by atoms with Crippen LogP contribution in [-0.2, 0) is 0 Å². The lowest BCUT2D eigenvalue weighted by Gasteiger charge is -2.07. The number of nitrogens with one attached hydrogen (secondary N) is 1. The molecule has 0 aliphatic carbocycles. The number of aromatic nitrogens is 2. The van der Waals surface area contributed by atoms with Crippen LogP contribution in [0.4, 0.5) is 0 Å². The largest absolute Gasteiger partial charge is 0.310 e. The first-order chi connectivity index (χ1) is 5.47. The van der Waals surface area contributed by atoms with Gasteiger partial charge in [0.1, 0.15) is 0 Å². The molecule has 1 N–H and O–H groups in total. The molecule has 0 spiro atoms. The lowest BCUT2D eigenvalue weighted by molar-refractivity contribution is 0.642. The van der Waals surface area contributed by atoms with Gasteiger partial charge >= 0.3 is 0 Å². The van der Waals surface area contributed by atoms with E-state index in [1.165, 1.54) is 18.4 Å². The summed E-state index contributed by atoms with van der Waals surface area (Å²) >= 11 is 0. The second-order valence-corrected chi connectivity index (χ2v) is 2.82. The maximum atomic E-state index is 3.84. The van der Waals surface area contributed by atoms with Crippen LogP contribution in [0.5, 0.6) is 0 Å². The fourth-order valence-electron chi connectivity index (χ4n) is 1.48. The predicted molar refractivity (Wildman–Crippen MR) is 42.0 cm³/mol. The van der Waals surface area contributed by atoms with Crippen molar-refractivity contribution in [1.29, 1.82) is 0 Å². The molecule has 3 nitrogen and oxygen atoms in total. The summed E-state index contributed by atoms with van der Waals surface area (Å²) in [5.41, 5.74) is 1.26. The first kappa shape index (κ1) is 6.73. The molecule has 11 heavy (non-hydrogen) atoms. The SMILES string of the molecule is c1cc(C2CCCN2)cnn1. The zero-order valence-corrected chi connectivity index (χ0v) is 6.33. The van der Waals surface area contributed by atoms with Gasteiger partial charge in [-0.25, -0.2) is 0 Å². The van der Waals surface area contributed by atoms with E-state index in [1.807, 2.05) is 12.3 Å². The normalized spacial score (nSPS) is 23.8. The molecule has 0 saturated carbocycles. The molecule has 0 bridgehead atoms. The second-order valence-electron chi connectivity index (χ2n) is 2.82. The third-order valence-electron chi connectivity index (χ3n) is 2.07. The van der Waals surface area contributed by atoms with Gasteiger partial charge in [0.05, 0.1) is 6.20 Å². The predicted octanol–water partition coefficient (Wildman–Crippen LogP) is 0.901. The molecule has 1 aromatic rings. The number of hydrogen-bond donors (Lipinski definition) is 1. The Balaban J connectivity index is 2.16. The molecule has 1 aliphatic rings. The van der Waals surface area contributed by atoms with Crippen molar-refractivity contribution in [3.63, 3.8) is 0 Å². The first-order valence-electron chi connectivity index (χ1n) is 3.97. The van der Waals surface area contributed by atoms with Gasteiger partial charge in [0.25, 0.3) is 0 Å². The molecule has 2 heterocycles. The van der Waals surface area contributed by atoms with E-state index in [0.29, 0.717) is 6.04 Å².